The predicted octanol–water partition coefficient (Wildman–Crippen LogP) is 2.48. The molecule has 4 heteroatoms. The molecule has 17 heavy (non-hydrogen) atoms. The Kier molecular flexibility index (Phi) is 2.56. The minimum absolute atomic E-state index is 0.208. The molecule has 0 bridgehead atoms. The van der Waals surface area contributed by atoms with E-state index in [9.17, 15) is 8.42 Å². The van der Waals surface area contributed by atoms with Crippen molar-refractivity contribution in [1.29, 1.82) is 0 Å². The standard InChI is InChI=1S/C13H25NO2S/c1-11(2,3)13-7-10(13)8-14(9-13)17(15,16)12(4,5)6/h10H,7-9H2,1-6H3. The van der Waals surface area contributed by atoms with Gasteiger partial charge < -0.3 is 0 Å². The van der Waals surface area contributed by atoms with Crippen LogP contribution < -0.4 is 0 Å². The van der Waals surface area contributed by atoms with Crippen LogP contribution in [0.3, 0.4) is 0 Å². The Bertz CT molecular complexity index is 427. The molecule has 0 spiro atoms. The van der Waals surface area contributed by atoms with Gasteiger partial charge in [-0.25, -0.2) is 12.7 Å². The van der Waals surface area contributed by atoms with E-state index >= 15 is 0 Å². The summed E-state index contributed by atoms with van der Waals surface area (Å²) < 4.78 is 25.9. The van der Waals surface area contributed by atoms with Gasteiger partial charge in [0.1, 0.15) is 0 Å². The molecule has 1 saturated heterocycles. The number of rotatable bonds is 1. The van der Waals surface area contributed by atoms with E-state index in [1.54, 1.807) is 25.1 Å². The molecule has 0 amide bonds. The lowest BCUT2D eigenvalue weighted by Crippen LogP contribution is -2.44. The maximum Gasteiger partial charge on any atom is 0.219 e. The molecule has 2 rings (SSSR count). The van der Waals surface area contributed by atoms with E-state index < -0.39 is 14.8 Å². The Morgan fingerprint density at radius 3 is 2.00 bits per heavy atom. The summed E-state index contributed by atoms with van der Waals surface area (Å²) in [6, 6.07) is 0. The summed E-state index contributed by atoms with van der Waals surface area (Å²) in [6.07, 6.45) is 1.20. The maximum absolute atomic E-state index is 12.4. The molecule has 1 saturated carbocycles. The highest BCUT2D eigenvalue weighted by molar-refractivity contribution is 7.90. The van der Waals surface area contributed by atoms with E-state index in [2.05, 4.69) is 20.8 Å². The molecule has 3 nitrogen and oxygen atoms in total. The van der Waals surface area contributed by atoms with Crippen molar-refractivity contribution >= 4 is 10.0 Å². The highest BCUT2D eigenvalue weighted by Crippen LogP contribution is 2.67. The Morgan fingerprint density at radius 1 is 1.12 bits per heavy atom. The zero-order valence-electron chi connectivity index (χ0n) is 11.9. The summed E-state index contributed by atoms with van der Waals surface area (Å²) in [4.78, 5) is 0. The van der Waals surface area contributed by atoms with E-state index in [1.165, 1.54) is 6.42 Å². The summed E-state index contributed by atoms with van der Waals surface area (Å²) in [6.45, 7) is 13.5. The summed E-state index contributed by atoms with van der Waals surface area (Å²) in [5, 5.41) is 0. The average Bonchev–Trinajstić information content (AvgIpc) is 2.67. The van der Waals surface area contributed by atoms with E-state index in [0.29, 0.717) is 5.92 Å². The van der Waals surface area contributed by atoms with Gasteiger partial charge in [-0.05, 0) is 43.9 Å². The molecule has 2 atom stereocenters. The van der Waals surface area contributed by atoms with Crippen molar-refractivity contribution in [2.45, 2.75) is 52.7 Å². The molecule has 1 aliphatic carbocycles. The summed E-state index contributed by atoms with van der Waals surface area (Å²) in [5.41, 5.74) is 0.450. The second-order valence-corrected chi connectivity index (χ2v) is 10.4. The first-order valence-electron chi connectivity index (χ1n) is 6.41. The highest BCUT2D eigenvalue weighted by Gasteiger charge is 2.67. The van der Waals surface area contributed by atoms with Gasteiger partial charge in [-0.15, -0.1) is 0 Å². The fourth-order valence-electron chi connectivity index (χ4n) is 3.16. The van der Waals surface area contributed by atoms with Crippen LogP contribution in [0.4, 0.5) is 0 Å². The van der Waals surface area contributed by atoms with Crippen LogP contribution in [0.1, 0.15) is 48.0 Å². The van der Waals surface area contributed by atoms with Gasteiger partial charge in [0.05, 0.1) is 4.75 Å². The zero-order valence-corrected chi connectivity index (χ0v) is 12.7. The molecule has 0 N–H and O–H groups in total. The van der Waals surface area contributed by atoms with Crippen LogP contribution in [0.15, 0.2) is 0 Å². The van der Waals surface area contributed by atoms with Crippen molar-refractivity contribution < 1.29 is 8.42 Å². The largest absolute Gasteiger partial charge is 0.219 e. The molecular formula is C13H25NO2S. The number of piperidine rings is 1. The lowest BCUT2D eigenvalue weighted by molar-refractivity contribution is 0.202. The molecule has 2 unspecified atom stereocenters. The summed E-state index contributed by atoms with van der Waals surface area (Å²) in [5.74, 6) is 0.583. The van der Waals surface area contributed by atoms with Crippen molar-refractivity contribution in [3.05, 3.63) is 0 Å². The quantitative estimate of drug-likeness (QED) is 0.725. The van der Waals surface area contributed by atoms with E-state index in [4.69, 9.17) is 0 Å². The number of nitrogens with zero attached hydrogens (tertiary/aromatic N) is 1. The van der Waals surface area contributed by atoms with Crippen LogP contribution >= 0.6 is 0 Å². The highest BCUT2D eigenvalue weighted by atomic mass is 32.2. The molecule has 0 aromatic heterocycles. The fraction of sp³-hybridized carbons (Fsp3) is 1.00. The third-order valence-electron chi connectivity index (χ3n) is 4.72. The second kappa shape index (κ2) is 3.27. The first-order chi connectivity index (χ1) is 7.42. The van der Waals surface area contributed by atoms with Gasteiger partial charge in [-0.3, -0.25) is 0 Å². The van der Waals surface area contributed by atoms with Crippen molar-refractivity contribution in [2.75, 3.05) is 13.1 Å². The third kappa shape index (κ3) is 1.75. The number of fused-ring (bicyclic) bond motifs is 1. The van der Waals surface area contributed by atoms with Gasteiger partial charge in [0, 0.05) is 13.1 Å². The van der Waals surface area contributed by atoms with E-state index in [-0.39, 0.29) is 10.8 Å². The van der Waals surface area contributed by atoms with Crippen LogP contribution in [-0.2, 0) is 10.0 Å². The van der Waals surface area contributed by atoms with E-state index in [1.807, 2.05) is 0 Å². The molecule has 1 heterocycles. The predicted molar refractivity (Wildman–Crippen MR) is 70.2 cm³/mol. The minimum atomic E-state index is -3.14. The fourth-order valence-corrected chi connectivity index (χ4v) is 4.72. The molecule has 0 radical (unpaired) electrons. The van der Waals surface area contributed by atoms with Crippen molar-refractivity contribution in [3.63, 3.8) is 0 Å². The Balaban J connectivity index is 2.22. The normalized spacial score (nSPS) is 34.8. The van der Waals surface area contributed by atoms with E-state index in [0.717, 1.165) is 13.1 Å². The van der Waals surface area contributed by atoms with Gasteiger partial charge in [0.15, 0.2) is 0 Å². The van der Waals surface area contributed by atoms with Crippen LogP contribution in [0.2, 0.25) is 0 Å². The Hall–Kier alpha value is -0.0900. The number of hydrogen-bond acceptors (Lipinski definition) is 2. The van der Waals surface area contributed by atoms with Crippen LogP contribution in [0.5, 0.6) is 0 Å². The molecule has 2 aliphatic rings. The minimum Gasteiger partial charge on any atom is -0.212 e. The molecule has 100 valence electrons. The molecular weight excluding hydrogens is 234 g/mol. The van der Waals surface area contributed by atoms with Crippen LogP contribution in [-0.4, -0.2) is 30.6 Å². The van der Waals surface area contributed by atoms with Gasteiger partial charge in [-0.2, -0.15) is 0 Å². The topological polar surface area (TPSA) is 37.4 Å². The van der Waals surface area contributed by atoms with Gasteiger partial charge >= 0.3 is 0 Å². The first-order valence-corrected chi connectivity index (χ1v) is 7.85. The molecule has 2 fully saturated rings. The average molecular weight is 259 g/mol. The van der Waals surface area contributed by atoms with Crippen molar-refractivity contribution in [1.82, 2.24) is 4.31 Å². The van der Waals surface area contributed by atoms with Gasteiger partial charge in [-0.1, -0.05) is 20.8 Å². The lowest BCUT2D eigenvalue weighted by Gasteiger charge is -2.33. The third-order valence-corrected chi connectivity index (χ3v) is 7.23. The van der Waals surface area contributed by atoms with Crippen molar-refractivity contribution in [3.8, 4) is 0 Å². The molecule has 0 aromatic rings. The van der Waals surface area contributed by atoms with Crippen LogP contribution in [0, 0.1) is 16.7 Å². The zero-order chi connectivity index (χ0) is 13.3. The van der Waals surface area contributed by atoms with Crippen LogP contribution in [0.25, 0.3) is 0 Å². The Labute approximate surface area is 106 Å². The summed E-state index contributed by atoms with van der Waals surface area (Å²) >= 11 is 0. The Morgan fingerprint density at radius 2 is 1.65 bits per heavy atom. The maximum atomic E-state index is 12.4. The molecule has 0 aromatic carbocycles. The lowest BCUT2D eigenvalue weighted by atomic mass is 9.77. The molecule has 1 aliphatic heterocycles. The first kappa shape index (κ1) is 13.3. The smallest absolute Gasteiger partial charge is 0.212 e. The second-order valence-electron chi connectivity index (χ2n) is 7.72. The monoisotopic (exact) mass is 259 g/mol. The van der Waals surface area contributed by atoms with Gasteiger partial charge in [0.25, 0.3) is 0 Å². The van der Waals surface area contributed by atoms with Crippen molar-refractivity contribution in [2.24, 2.45) is 16.7 Å². The summed E-state index contributed by atoms with van der Waals surface area (Å²) in [7, 11) is -3.14. The SMILES string of the molecule is CC(C)(C)C12CC1CN(S(=O)(=O)C(C)(C)C)C2. The number of hydrogen-bond donors (Lipinski definition) is 0. The van der Waals surface area contributed by atoms with Gasteiger partial charge in [0.2, 0.25) is 10.0 Å². The number of sulfonamides is 1.